The number of benzene rings is 1. The number of amides is 1. The number of aryl methyl sites for hydroxylation is 1. The molecule has 0 bridgehead atoms. The summed E-state index contributed by atoms with van der Waals surface area (Å²) in [4.78, 5) is 25.3. The van der Waals surface area contributed by atoms with Gasteiger partial charge in [-0.2, -0.15) is 0 Å². The quantitative estimate of drug-likeness (QED) is 0.618. The molecule has 0 aliphatic carbocycles. The number of hydrogen-bond acceptors (Lipinski definition) is 3. The Bertz CT molecular complexity index is 536. The molecule has 1 heterocycles. The van der Waals surface area contributed by atoms with Crippen LogP contribution >= 0.6 is 0 Å². The number of methoxy groups -OCH3 is 1. The molecule has 1 fully saturated rings. The van der Waals surface area contributed by atoms with E-state index in [0.29, 0.717) is 18.5 Å². The third-order valence-corrected chi connectivity index (χ3v) is 3.43. The van der Waals surface area contributed by atoms with Gasteiger partial charge in [0.2, 0.25) is 5.91 Å². The molecule has 2 rings (SSSR count). The second kappa shape index (κ2) is 5.26. The highest BCUT2D eigenvalue weighted by atomic mass is 16.5. The van der Waals surface area contributed by atoms with Gasteiger partial charge in [0.15, 0.2) is 0 Å². The molecule has 4 heteroatoms. The number of hydrogen-bond donors (Lipinski definition) is 0. The summed E-state index contributed by atoms with van der Waals surface area (Å²) < 4.78 is 4.75. The zero-order valence-electron chi connectivity index (χ0n) is 11.2. The SMILES string of the molecule is C=CC1CC(=O)N(c2ccc(C)c(C(=O)OC)c2)C1. The molecular formula is C15H17NO3. The number of carbonyl (C=O) groups excluding carboxylic acids is 2. The molecule has 1 atom stereocenters. The first kappa shape index (κ1) is 13.3. The van der Waals surface area contributed by atoms with Crippen LogP contribution in [0.15, 0.2) is 30.9 Å². The van der Waals surface area contributed by atoms with Crippen molar-refractivity contribution in [1.82, 2.24) is 0 Å². The first-order valence-corrected chi connectivity index (χ1v) is 6.18. The highest BCUT2D eigenvalue weighted by molar-refractivity contribution is 5.98. The number of anilines is 1. The van der Waals surface area contributed by atoms with Crippen molar-refractivity contribution in [3.8, 4) is 0 Å². The van der Waals surface area contributed by atoms with E-state index in [4.69, 9.17) is 4.74 Å². The summed E-state index contributed by atoms with van der Waals surface area (Å²) in [7, 11) is 1.35. The predicted molar refractivity (Wildman–Crippen MR) is 73.2 cm³/mol. The van der Waals surface area contributed by atoms with E-state index in [1.807, 2.05) is 19.1 Å². The second-order valence-electron chi connectivity index (χ2n) is 4.70. The van der Waals surface area contributed by atoms with Crippen molar-refractivity contribution in [3.63, 3.8) is 0 Å². The molecule has 1 aliphatic heterocycles. The Kier molecular flexibility index (Phi) is 3.69. The number of ether oxygens (including phenoxy) is 1. The van der Waals surface area contributed by atoms with Crippen LogP contribution in [0.5, 0.6) is 0 Å². The molecule has 1 aromatic rings. The van der Waals surface area contributed by atoms with Crippen molar-refractivity contribution < 1.29 is 14.3 Å². The van der Waals surface area contributed by atoms with E-state index in [9.17, 15) is 9.59 Å². The number of nitrogens with zero attached hydrogens (tertiary/aromatic N) is 1. The number of carbonyl (C=O) groups is 2. The van der Waals surface area contributed by atoms with Crippen molar-refractivity contribution in [1.29, 1.82) is 0 Å². The van der Waals surface area contributed by atoms with Gasteiger partial charge in [0.25, 0.3) is 0 Å². The Morgan fingerprint density at radius 1 is 1.53 bits per heavy atom. The summed E-state index contributed by atoms with van der Waals surface area (Å²) in [5.74, 6) is -0.147. The molecule has 1 aromatic carbocycles. The van der Waals surface area contributed by atoms with Crippen LogP contribution < -0.4 is 4.90 Å². The summed E-state index contributed by atoms with van der Waals surface area (Å²) in [6.45, 7) is 6.18. The second-order valence-corrected chi connectivity index (χ2v) is 4.70. The van der Waals surface area contributed by atoms with E-state index in [0.717, 1.165) is 11.3 Å². The lowest BCUT2D eigenvalue weighted by molar-refractivity contribution is -0.117. The lowest BCUT2D eigenvalue weighted by Crippen LogP contribution is -2.24. The fourth-order valence-corrected chi connectivity index (χ4v) is 2.25. The Balaban J connectivity index is 2.33. The van der Waals surface area contributed by atoms with Crippen LogP contribution in [0.25, 0.3) is 0 Å². The lowest BCUT2D eigenvalue weighted by Gasteiger charge is -2.17. The van der Waals surface area contributed by atoms with Crippen LogP contribution in [0, 0.1) is 12.8 Å². The van der Waals surface area contributed by atoms with Gasteiger partial charge in [-0.15, -0.1) is 6.58 Å². The Morgan fingerprint density at radius 3 is 2.84 bits per heavy atom. The first-order chi connectivity index (χ1) is 9.06. The van der Waals surface area contributed by atoms with Gasteiger partial charge in [0, 0.05) is 24.6 Å². The van der Waals surface area contributed by atoms with Gasteiger partial charge in [0.1, 0.15) is 0 Å². The average Bonchev–Trinajstić information content (AvgIpc) is 2.80. The molecule has 0 radical (unpaired) electrons. The predicted octanol–water partition coefficient (Wildman–Crippen LogP) is 2.32. The molecule has 0 spiro atoms. The maximum atomic E-state index is 11.9. The molecule has 1 unspecified atom stereocenters. The summed E-state index contributed by atoms with van der Waals surface area (Å²) >= 11 is 0. The Morgan fingerprint density at radius 2 is 2.26 bits per heavy atom. The monoisotopic (exact) mass is 259 g/mol. The van der Waals surface area contributed by atoms with Crippen LogP contribution in [0.4, 0.5) is 5.69 Å². The lowest BCUT2D eigenvalue weighted by atomic mass is 10.1. The average molecular weight is 259 g/mol. The molecule has 19 heavy (non-hydrogen) atoms. The maximum absolute atomic E-state index is 11.9. The summed E-state index contributed by atoms with van der Waals surface area (Å²) in [5, 5.41) is 0. The molecule has 0 saturated carbocycles. The molecule has 0 N–H and O–H groups in total. The summed E-state index contributed by atoms with van der Waals surface area (Å²) in [6, 6.07) is 5.39. The number of esters is 1. The highest BCUT2D eigenvalue weighted by Gasteiger charge is 2.29. The van der Waals surface area contributed by atoms with E-state index < -0.39 is 0 Å². The smallest absolute Gasteiger partial charge is 0.338 e. The Hall–Kier alpha value is -2.10. The van der Waals surface area contributed by atoms with Crippen molar-refractivity contribution in [3.05, 3.63) is 42.0 Å². The van der Waals surface area contributed by atoms with E-state index in [1.165, 1.54) is 7.11 Å². The minimum Gasteiger partial charge on any atom is -0.465 e. The van der Waals surface area contributed by atoms with Gasteiger partial charge in [-0.3, -0.25) is 4.79 Å². The fourth-order valence-electron chi connectivity index (χ4n) is 2.25. The largest absolute Gasteiger partial charge is 0.465 e. The van der Waals surface area contributed by atoms with E-state index in [1.54, 1.807) is 17.0 Å². The van der Waals surface area contributed by atoms with Crippen LogP contribution in [0.1, 0.15) is 22.3 Å². The maximum Gasteiger partial charge on any atom is 0.338 e. The van der Waals surface area contributed by atoms with E-state index in [2.05, 4.69) is 6.58 Å². The molecule has 1 saturated heterocycles. The minimum absolute atomic E-state index is 0.0598. The van der Waals surface area contributed by atoms with Crippen LogP contribution in [0.3, 0.4) is 0 Å². The number of rotatable bonds is 3. The van der Waals surface area contributed by atoms with Gasteiger partial charge in [-0.05, 0) is 24.6 Å². The van der Waals surface area contributed by atoms with Crippen molar-refractivity contribution in [2.45, 2.75) is 13.3 Å². The van der Waals surface area contributed by atoms with Gasteiger partial charge in [0.05, 0.1) is 12.7 Å². The zero-order valence-corrected chi connectivity index (χ0v) is 11.2. The van der Waals surface area contributed by atoms with Crippen LogP contribution in [-0.2, 0) is 9.53 Å². The summed E-state index contributed by atoms with van der Waals surface area (Å²) in [6.07, 6.45) is 2.28. The van der Waals surface area contributed by atoms with Gasteiger partial charge in [-0.25, -0.2) is 4.79 Å². The van der Waals surface area contributed by atoms with E-state index in [-0.39, 0.29) is 17.8 Å². The molecular weight excluding hydrogens is 242 g/mol. The highest BCUT2D eigenvalue weighted by Crippen LogP contribution is 2.27. The van der Waals surface area contributed by atoms with Gasteiger partial charge < -0.3 is 9.64 Å². The molecule has 0 aromatic heterocycles. The molecule has 1 aliphatic rings. The third-order valence-electron chi connectivity index (χ3n) is 3.43. The third kappa shape index (κ3) is 2.52. The molecule has 1 amide bonds. The summed E-state index contributed by atoms with van der Waals surface area (Å²) in [5.41, 5.74) is 2.07. The minimum atomic E-state index is -0.383. The van der Waals surface area contributed by atoms with Crippen molar-refractivity contribution in [2.24, 2.45) is 5.92 Å². The van der Waals surface area contributed by atoms with E-state index >= 15 is 0 Å². The van der Waals surface area contributed by atoms with Crippen molar-refractivity contribution >= 4 is 17.6 Å². The molecule has 100 valence electrons. The van der Waals surface area contributed by atoms with Gasteiger partial charge >= 0.3 is 5.97 Å². The Labute approximate surface area is 112 Å². The van der Waals surface area contributed by atoms with Gasteiger partial charge in [-0.1, -0.05) is 12.1 Å². The standard InChI is InChI=1S/C15H17NO3/c1-4-11-7-14(17)16(9-11)12-6-5-10(2)13(8-12)15(18)19-3/h4-6,8,11H,1,7,9H2,2-3H3. The van der Waals surface area contributed by atoms with Crippen LogP contribution in [0.2, 0.25) is 0 Å². The molecule has 4 nitrogen and oxygen atoms in total. The topological polar surface area (TPSA) is 46.6 Å². The normalized spacial score (nSPS) is 18.5. The zero-order chi connectivity index (χ0) is 14.0. The van der Waals surface area contributed by atoms with Crippen LogP contribution in [-0.4, -0.2) is 25.5 Å². The van der Waals surface area contributed by atoms with Crippen molar-refractivity contribution in [2.75, 3.05) is 18.6 Å². The fraction of sp³-hybridized carbons (Fsp3) is 0.333. The first-order valence-electron chi connectivity index (χ1n) is 6.18.